The Morgan fingerprint density at radius 2 is 1.88 bits per heavy atom. The number of hydrogen-bond donors (Lipinski definition) is 2. The van der Waals surface area contributed by atoms with Gasteiger partial charge >= 0.3 is 6.03 Å². The fraction of sp³-hybridized carbons (Fsp3) is 0.562. The molecule has 134 valence electrons. The topological polar surface area (TPSA) is 87.7 Å². The van der Waals surface area contributed by atoms with E-state index in [0.717, 1.165) is 5.75 Å². The van der Waals surface area contributed by atoms with E-state index in [0.29, 0.717) is 39.1 Å². The predicted octanol–water partition coefficient (Wildman–Crippen LogP) is 1.10. The molecular weight excluding hydrogens is 330 g/mol. The standard InChI is InChI=1S/C16H25N3O4S/c1-13-3-5-15(6-4-13)23-12-9-17-16(20)18-14-7-10-19(11-8-14)24(2,21)22/h3-6,14H,7-12H2,1-2H3,(H2,17,18,20). The minimum atomic E-state index is -3.14. The van der Waals surface area contributed by atoms with E-state index in [-0.39, 0.29) is 12.1 Å². The van der Waals surface area contributed by atoms with Gasteiger partial charge in [0.1, 0.15) is 12.4 Å². The van der Waals surface area contributed by atoms with E-state index in [1.165, 1.54) is 16.1 Å². The maximum absolute atomic E-state index is 11.8. The van der Waals surface area contributed by atoms with Crippen molar-refractivity contribution in [3.8, 4) is 5.75 Å². The molecule has 0 saturated carbocycles. The summed E-state index contributed by atoms with van der Waals surface area (Å²) in [5, 5.41) is 5.62. The number of benzene rings is 1. The third kappa shape index (κ3) is 6.01. The van der Waals surface area contributed by atoms with E-state index in [4.69, 9.17) is 4.74 Å². The first kappa shape index (κ1) is 18.5. The number of urea groups is 1. The molecule has 0 aliphatic carbocycles. The number of rotatable bonds is 6. The average molecular weight is 355 g/mol. The van der Waals surface area contributed by atoms with Gasteiger partial charge in [-0.3, -0.25) is 0 Å². The highest BCUT2D eigenvalue weighted by Gasteiger charge is 2.25. The van der Waals surface area contributed by atoms with Gasteiger partial charge in [0.25, 0.3) is 0 Å². The molecule has 1 aromatic carbocycles. The van der Waals surface area contributed by atoms with E-state index < -0.39 is 10.0 Å². The normalized spacial score (nSPS) is 16.6. The molecule has 0 bridgehead atoms. The molecule has 1 saturated heterocycles. The van der Waals surface area contributed by atoms with Crippen LogP contribution in [0.5, 0.6) is 5.75 Å². The highest BCUT2D eigenvalue weighted by molar-refractivity contribution is 7.88. The van der Waals surface area contributed by atoms with Crippen molar-refractivity contribution in [1.82, 2.24) is 14.9 Å². The van der Waals surface area contributed by atoms with E-state index in [9.17, 15) is 13.2 Å². The molecule has 1 aromatic rings. The molecule has 8 heteroatoms. The van der Waals surface area contributed by atoms with E-state index in [1.807, 2.05) is 31.2 Å². The zero-order valence-electron chi connectivity index (χ0n) is 14.1. The van der Waals surface area contributed by atoms with Gasteiger partial charge in [-0.2, -0.15) is 0 Å². The number of carbonyl (C=O) groups excluding carboxylic acids is 1. The molecule has 0 spiro atoms. The number of hydrogen-bond acceptors (Lipinski definition) is 4. The van der Waals surface area contributed by atoms with E-state index in [1.54, 1.807) is 0 Å². The SMILES string of the molecule is Cc1ccc(OCCNC(=O)NC2CCN(S(C)(=O)=O)CC2)cc1. The van der Waals surface area contributed by atoms with Crippen LogP contribution in [0.15, 0.2) is 24.3 Å². The second kappa shape index (κ2) is 8.34. The molecule has 1 aliphatic heterocycles. The van der Waals surface area contributed by atoms with Crippen LogP contribution in [-0.2, 0) is 10.0 Å². The van der Waals surface area contributed by atoms with Crippen LogP contribution in [0.2, 0.25) is 0 Å². The zero-order chi connectivity index (χ0) is 17.6. The Labute approximate surface area is 143 Å². The van der Waals surface area contributed by atoms with Crippen molar-refractivity contribution in [3.05, 3.63) is 29.8 Å². The van der Waals surface area contributed by atoms with Crippen LogP contribution in [0.4, 0.5) is 4.79 Å². The average Bonchev–Trinajstić information content (AvgIpc) is 2.53. The largest absolute Gasteiger partial charge is 0.492 e. The first-order chi connectivity index (χ1) is 11.3. The van der Waals surface area contributed by atoms with Crippen molar-refractivity contribution >= 4 is 16.1 Å². The molecule has 7 nitrogen and oxygen atoms in total. The van der Waals surface area contributed by atoms with Crippen molar-refractivity contribution in [3.63, 3.8) is 0 Å². The molecule has 1 heterocycles. The van der Waals surface area contributed by atoms with Gasteiger partial charge < -0.3 is 15.4 Å². The minimum Gasteiger partial charge on any atom is -0.492 e. The molecule has 0 radical (unpaired) electrons. The molecule has 1 fully saturated rings. The lowest BCUT2D eigenvalue weighted by molar-refractivity contribution is 0.224. The number of nitrogens with zero attached hydrogens (tertiary/aromatic N) is 1. The molecule has 2 rings (SSSR count). The third-order valence-electron chi connectivity index (χ3n) is 3.94. The van der Waals surface area contributed by atoms with Crippen LogP contribution in [0.3, 0.4) is 0 Å². The first-order valence-corrected chi connectivity index (χ1v) is 9.88. The Balaban J connectivity index is 1.61. The highest BCUT2D eigenvalue weighted by Crippen LogP contribution is 2.13. The summed E-state index contributed by atoms with van der Waals surface area (Å²) in [4.78, 5) is 11.8. The molecule has 2 N–H and O–H groups in total. The second-order valence-corrected chi connectivity index (χ2v) is 7.98. The van der Waals surface area contributed by atoms with Gasteiger partial charge in [0, 0.05) is 19.1 Å². The third-order valence-corrected chi connectivity index (χ3v) is 5.24. The number of piperidine rings is 1. The maximum Gasteiger partial charge on any atom is 0.315 e. The van der Waals surface area contributed by atoms with Crippen molar-refractivity contribution in [2.75, 3.05) is 32.5 Å². The van der Waals surface area contributed by atoms with Crippen LogP contribution in [-0.4, -0.2) is 57.3 Å². The van der Waals surface area contributed by atoms with Crippen LogP contribution in [0.1, 0.15) is 18.4 Å². The summed E-state index contributed by atoms with van der Waals surface area (Å²) in [6, 6.07) is 7.48. The predicted molar refractivity (Wildman–Crippen MR) is 92.6 cm³/mol. The fourth-order valence-electron chi connectivity index (χ4n) is 2.54. The lowest BCUT2D eigenvalue weighted by Gasteiger charge is -2.30. The summed E-state index contributed by atoms with van der Waals surface area (Å²) in [5.74, 6) is 0.774. The molecular formula is C16H25N3O4S. The molecule has 0 unspecified atom stereocenters. The van der Waals surface area contributed by atoms with Gasteiger partial charge in [0.15, 0.2) is 0 Å². The Morgan fingerprint density at radius 3 is 2.46 bits per heavy atom. The summed E-state index contributed by atoms with van der Waals surface area (Å²) in [5.41, 5.74) is 1.17. The van der Waals surface area contributed by atoms with Crippen molar-refractivity contribution in [2.24, 2.45) is 0 Å². The molecule has 0 atom stereocenters. The summed E-state index contributed by atoms with van der Waals surface area (Å²) < 4.78 is 29.9. The van der Waals surface area contributed by atoms with Gasteiger partial charge in [0.2, 0.25) is 10.0 Å². The summed E-state index contributed by atoms with van der Waals surface area (Å²) in [6.45, 7) is 3.70. The van der Waals surface area contributed by atoms with Crippen LogP contribution in [0, 0.1) is 6.92 Å². The van der Waals surface area contributed by atoms with E-state index >= 15 is 0 Å². The lowest BCUT2D eigenvalue weighted by Crippen LogP contribution is -2.49. The highest BCUT2D eigenvalue weighted by atomic mass is 32.2. The number of amides is 2. The summed E-state index contributed by atoms with van der Waals surface area (Å²) in [7, 11) is -3.14. The smallest absolute Gasteiger partial charge is 0.315 e. The van der Waals surface area contributed by atoms with Crippen molar-refractivity contribution < 1.29 is 17.9 Å². The van der Waals surface area contributed by atoms with Gasteiger partial charge in [-0.1, -0.05) is 17.7 Å². The Bertz CT molecular complexity index is 638. The number of nitrogens with one attached hydrogen (secondary N) is 2. The maximum atomic E-state index is 11.8. The lowest BCUT2D eigenvalue weighted by atomic mass is 10.1. The second-order valence-electron chi connectivity index (χ2n) is 6.00. The van der Waals surface area contributed by atoms with E-state index in [2.05, 4.69) is 10.6 Å². The molecule has 0 aromatic heterocycles. The van der Waals surface area contributed by atoms with Gasteiger partial charge in [-0.15, -0.1) is 0 Å². The quantitative estimate of drug-likeness (QED) is 0.748. The molecule has 2 amide bonds. The minimum absolute atomic E-state index is 0.000942. The van der Waals surface area contributed by atoms with Crippen LogP contribution < -0.4 is 15.4 Å². The van der Waals surface area contributed by atoms with Gasteiger partial charge in [-0.25, -0.2) is 17.5 Å². The van der Waals surface area contributed by atoms with Gasteiger partial charge in [-0.05, 0) is 31.9 Å². The number of carbonyl (C=O) groups is 1. The van der Waals surface area contributed by atoms with Crippen LogP contribution >= 0.6 is 0 Å². The first-order valence-electron chi connectivity index (χ1n) is 8.03. The summed E-state index contributed by atoms with van der Waals surface area (Å²) >= 11 is 0. The number of ether oxygens (including phenoxy) is 1. The van der Waals surface area contributed by atoms with Crippen LogP contribution in [0.25, 0.3) is 0 Å². The number of aryl methyl sites for hydroxylation is 1. The Morgan fingerprint density at radius 1 is 1.25 bits per heavy atom. The Kier molecular flexibility index (Phi) is 6.44. The molecule has 24 heavy (non-hydrogen) atoms. The summed E-state index contributed by atoms with van der Waals surface area (Å²) in [6.07, 6.45) is 2.46. The monoisotopic (exact) mass is 355 g/mol. The van der Waals surface area contributed by atoms with Crippen molar-refractivity contribution in [1.29, 1.82) is 0 Å². The Hall–Kier alpha value is -1.80. The zero-order valence-corrected chi connectivity index (χ0v) is 14.9. The van der Waals surface area contributed by atoms with Gasteiger partial charge in [0.05, 0.1) is 12.8 Å². The van der Waals surface area contributed by atoms with Crippen molar-refractivity contribution in [2.45, 2.75) is 25.8 Å². The number of sulfonamides is 1. The fourth-order valence-corrected chi connectivity index (χ4v) is 3.41. The molecule has 1 aliphatic rings.